The van der Waals surface area contributed by atoms with Crippen LogP contribution in [0.2, 0.25) is 15.5 Å². The highest BCUT2D eigenvalue weighted by Crippen LogP contribution is 2.41. The molecule has 0 bridgehead atoms. The summed E-state index contributed by atoms with van der Waals surface area (Å²) in [6.45, 7) is 6.24. The second-order valence-electron chi connectivity index (χ2n) is 25.6. The number of aryl methyl sites for hydroxylation is 3. The van der Waals surface area contributed by atoms with Crippen molar-refractivity contribution >= 4 is 133 Å². The number of methoxy groups -OCH3 is 3. The Morgan fingerprint density at radius 1 is 0.368 bits per heavy atom. The minimum atomic E-state index is -0.387. The summed E-state index contributed by atoms with van der Waals surface area (Å²) in [5.41, 5.74) is 11.3. The zero-order chi connectivity index (χ0) is 82.5. The van der Waals surface area contributed by atoms with E-state index in [4.69, 9.17) is 54.7 Å². The van der Waals surface area contributed by atoms with E-state index in [1.165, 1.54) is 32.4 Å². The van der Waals surface area contributed by atoms with E-state index in [1.807, 2.05) is 97.1 Å². The molecule has 3 fully saturated rings. The van der Waals surface area contributed by atoms with Crippen molar-refractivity contribution < 1.29 is 28.6 Å². The molecule has 3 aromatic carbocycles. The number of carbonyl (C=O) groups excluding carboxylic acids is 3. The van der Waals surface area contributed by atoms with Gasteiger partial charge in [-0.1, -0.05) is 77.3 Å². The van der Waals surface area contributed by atoms with Gasteiger partial charge in [0.1, 0.15) is 69.3 Å². The fraction of sp³-hybridized carbons (Fsp3) is 0.234. The Morgan fingerprint density at radius 3 is 0.983 bits per heavy atom. The molecular formula is C77H82Cl3N31O6. The van der Waals surface area contributed by atoms with Crippen LogP contribution in [-0.2, 0) is 21.1 Å². The van der Waals surface area contributed by atoms with E-state index in [-0.39, 0.29) is 40.6 Å². The maximum Gasteiger partial charge on any atom is 0.273 e. The molecule has 37 nitrogen and oxygen atoms in total. The second-order valence-corrected chi connectivity index (χ2v) is 26.8. The highest BCUT2D eigenvalue weighted by molar-refractivity contribution is 6.32. The van der Waals surface area contributed by atoms with Crippen molar-refractivity contribution in [2.45, 2.75) is 19.3 Å². The van der Waals surface area contributed by atoms with Gasteiger partial charge in [0, 0.05) is 99.8 Å². The molecule has 10 aromatic heterocycles. The number of nitrogens with one attached hydrogen (secondary N) is 8. The fourth-order valence-corrected chi connectivity index (χ4v) is 12.1. The van der Waals surface area contributed by atoms with E-state index < -0.39 is 0 Å². The predicted molar refractivity (Wildman–Crippen MR) is 449 cm³/mol. The third kappa shape index (κ3) is 21.0. The number of ether oxygens (including phenoxy) is 3. The summed E-state index contributed by atoms with van der Waals surface area (Å²) >= 11 is 16.6. The van der Waals surface area contributed by atoms with Crippen molar-refractivity contribution in [1.82, 2.24) is 111 Å². The number of hydrogen-bond acceptors (Lipinski definition) is 31. The van der Waals surface area contributed by atoms with E-state index in [2.05, 4.69) is 138 Å². The molecule has 3 aliphatic rings. The van der Waals surface area contributed by atoms with Gasteiger partial charge in [-0.25, -0.2) is 34.9 Å². The average Bonchev–Trinajstić information content (AvgIpc) is 1.78. The van der Waals surface area contributed by atoms with Gasteiger partial charge in [0.15, 0.2) is 63.4 Å². The van der Waals surface area contributed by atoms with Crippen molar-refractivity contribution in [2.75, 3.05) is 129 Å². The van der Waals surface area contributed by atoms with Crippen LogP contribution in [0.25, 0.3) is 34.2 Å². The minimum absolute atomic E-state index is 0.116. The monoisotopic (exact) mass is 1640 g/mol. The summed E-state index contributed by atoms with van der Waals surface area (Å²) in [5, 5.41) is 62.6. The first-order chi connectivity index (χ1) is 56.8. The number of carbonyl (C=O) groups is 3. The Labute approximate surface area is 686 Å². The topological polar surface area (TPSA) is 432 Å². The number of nitrogens with zero attached hydrogens (tertiary/aromatic N) is 22. The molecule has 3 amide bonds. The zero-order valence-corrected chi connectivity index (χ0v) is 67.2. The maximum absolute atomic E-state index is 12.6. The second kappa shape index (κ2) is 39.0. The molecule has 117 heavy (non-hydrogen) atoms. The molecule has 0 atom stereocenters. The molecule has 0 spiro atoms. The van der Waals surface area contributed by atoms with Gasteiger partial charge in [0.25, 0.3) is 17.7 Å². The van der Waals surface area contributed by atoms with E-state index in [9.17, 15) is 14.4 Å². The number of aromatic nitrogens is 19. The summed E-state index contributed by atoms with van der Waals surface area (Å²) in [7, 11) is 14.7. The molecule has 0 saturated carbocycles. The van der Waals surface area contributed by atoms with Gasteiger partial charge < -0.3 is 77.2 Å². The maximum atomic E-state index is 12.6. The van der Waals surface area contributed by atoms with Gasteiger partial charge in [0.05, 0.1) is 72.1 Å². The largest absolute Gasteiger partial charge is 0.494 e. The molecule has 0 radical (unpaired) electrons. The van der Waals surface area contributed by atoms with Gasteiger partial charge in [-0.3, -0.25) is 28.4 Å². The Morgan fingerprint density at radius 2 is 0.684 bits per heavy atom. The molecule has 3 saturated heterocycles. The van der Waals surface area contributed by atoms with E-state index in [0.717, 1.165) is 56.7 Å². The first-order valence-corrected chi connectivity index (χ1v) is 37.5. The molecule has 16 rings (SSSR count). The standard InChI is InChI=1S/2C24H26N10O2.C16H18N8O2.C8H9ClN2.C5H3Cl2N/c2*1-25-24(35)21-17(27-16-8-4-7-15(22(16)36-3)23-26-14-33(2)32-23)13-19(30-31-21)28-18-9-5-10-20(29-18)34-11-6-12-34;1-18-16(25)13-11(7-12(17)21-22-13)20-10-6-4-5-9(14(10)26-3)15-19-8-24(2)23-15;9-7-3-1-4-8(10-7)11-5-2-6-11;6-4-2-1-3-5(7)8-4/h2*4-5,7-10,13-14H,6,11-12H2,1-3H3,(H,25,35)(H2,27,28,29,30);4-8H,1-3H3,(H,18,25)(H3,17,20,21);1,3-4H,2,5-6H2;1-3H. The number of pyridine rings is 4. The Hall–Kier alpha value is -14.2. The number of anilines is 14. The number of para-hydroxylation sites is 3. The lowest BCUT2D eigenvalue weighted by Gasteiger charge is -2.32. The summed E-state index contributed by atoms with van der Waals surface area (Å²) in [4.78, 5) is 73.9. The lowest BCUT2D eigenvalue weighted by atomic mass is 10.1. The summed E-state index contributed by atoms with van der Waals surface area (Å²) < 4.78 is 21.8. The van der Waals surface area contributed by atoms with E-state index >= 15 is 0 Å². The smallest absolute Gasteiger partial charge is 0.273 e. The number of rotatable bonds is 22. The van der Waals surface area contributed by atoms with Crippen molar-refractivity contribution in [3.63, 3.8) is 0 Å². The number of nitrogens with two attached hydrogens (primary N) is 1. The Balaban J connectivity index is 0.000000146. The van der Waals surface area contributed by atoms with Crippen molar-refractivity contribution in [3.05, 3.63) is 197 Å². The van der Waals surface area contributed by atoms with Crippen molar-refractivity contribution in [1.29, 1.82) is 0 Å². The first-order valence-electron chi connectivity index (χ1n) is 36.4. The normalized spacial score (nSPS) is 12.2. The molecule has 0 aliphatic carbocycles. The average molecular weight is 1640 g/mol. The van der Waals surface area contributed by atoms with Crippen LogP contribution in [0.3, 0.4) is 0 Å². The van der Waals surface area contributed by atoms with Crippen LogP contribution in [0.4, 0.5) is 80.7 Å². The van der Waals surface area contributed by atoms with E-state index in [1.54, 1.807) is 132 Å². The van der Waals surface area contributed by atoms with Gasteiger partial charge in [-0.05, 0) is 104 Å². The molecule has 3 aliphatic heterocycles. The highest BCUT2D eigenvalue weighted by Gasteiger charge is 2.25. The Kier molecular flexibility index (Phi) is 27.4. The van der Waals surface area contributed by atoms with Crippen molar-refractivity contribution in [3.8, 4) is 51.4 Å². The summed E-state index contributed by atoms with van der Waals surface area (Å²) in [6.07, 6.45) is 8.45. The molecule has 40 heteroatoms. The van der Waals surface area contributed by atoms with Crippen molar-refractivity contribution in [2.24, 2.45) is 21.1 Å². The third-order valence-corrected chi connectivity index (χ3v) is 18.2. The number of amides is 3. The van der Waals surface area contributed by atoms with Crippen LogP contribution < -0.4 is 77.2 Å². The molecule has 0 unspecified atom stereocenters. The number of benzene rings is 3. The predicted octanol–water partition coefficient (Wildman–Crippen LogP) is 10.8. The molecular weight excluding hydrogens is 1560 g/mol. The van der Waals surface area contributed by atoms with E-state index in [0.29, 0.717) is 124 Å². The zero-order valence-electron chi connectivity index (χ0n) is 65.0. The molecule has 10 N–H and O–H groups in total. The van der Waals surface area contributed by atoms with Crippen LogP contribution in [0.1, 0.15) is 50.7 Å². The first kappa shape index (κ1) is 82.3. The number of halogens is 3. The van der Waals surface area contributed by atoms with Crippen LogP contribution in [0.5, 0.6) is 17.2 Å². The lowest BCUT2D eigenvalue weighted by Crippen LogP contribution is -2.37. The van der Waals surface area contributed by atoms with Gasteiger partial charge in [-0.15, -0.1) is 30.6 Å². The summed E-state index contributed by atoms with van der Waals surface area (Å²) in [6, 6.07) is 43.9. The number of hydrogen-bond donors (Lipinski definition) is 9. The van der Waals surface area contributed by atoms with Crippen LogP contribution in [0, 0.1) is 0 Å². The van der Waals surface area contributed by atoms with Gasteiger partial charge in [-0.2, -0.15) is 15.3 Å². The fourth-order valence-electron chi connectivity index (χ4n) is 11.6. The summed E-state index contributed by atoms with van der Waals surface area (Å²) in [5.74, 6) is 7.13. The molecule has 13 heterocycles. The molecule has 602 valence electrons. The highest BCUT2D eigenvalue weighted by atomic mass is 35.5. The van der Waals surface area contributed by atoms with Crippen LogP contribution >= 0.6 is 34.8 Å². The lowest BCUT2D eigenvalue weighted by molar-refractivity contribution is 0.0950. The SMILES string of the molecule is CNC(=O)c1nnc(N)cc1Nc1cccc(-c2ncn(C)n2)c1OC.CNC(=O)c1nnc(Nc2cccc(N3CCC3)n2)cc1Nc1cccc(-c2ncn(C)n2)c1OC.CNC(=O)c1nnc(Nc2cccc(N3CCC3)n2)cc1Nc1cccc(-c2ncn(C)n2)c1OC.Clc1cccc(Cl)n1.Clc1cccc(N2CCC2)n1. The number of nitrogen functional groups attached to an aromatic ring is 1. The van der Waals surface area contributed by atoms with Crippen LogP contribution in [0.15, 0.2) is 165 Å². The third-order valence-electron chi connectivity index (χ3n) is 17.6. The quantitative estimate of drug-likeness (QED) is 0.0285. The Bertz CT molecular complexity index is 5400. The minimum Gasteiger partial charge on any atom is -0.494 e. The molecule has 13 aromatic rings. The van der Waals surface area contributed by atoms with Gasteiger partial charge >= 0.3 is 0 Å². The van der Waals surface area contributed by atoms with Crippen LogP contribution in [-0.4, -0.2) is 194 Å². The van der Waals surface area contributed by atoms with Gasteiger partial charge in [0.2, 0.25) is 0 Å².